The molecule has 2 aliphatic rings. The number of carbonyl (C=O) groups is 3. The lowest BCUT2D eigenvalue weighted by Gasteiger charge is -2.23. The number of amides is 2. The predicted octanol–water partition coefficient (Wildman–Crippen LogP) is 3.64. The molecule has 1 aromatic carbocycles. The van der Waals surface area contributed by atoms with E-state index in [9.17, 15) is 18.8 Å². The summed E-state index contributed by atoms with van der Waals surface area (Å²) in [4.78, 5) is 48.1. The number of halogens is 3. The molecular weight excluding hydrogens is 534 g/mol. The van der Waals surface area contributed by atoms with Gasteiger partial charge in [0.2, 0.25) is 11.8 Å². The molecule has 3 atom stereocenters. The van der Waals surface area contributed by atoms with Crippen LogP contribution in [0.2, 0.25) is 0 Å². The molecule has 5 rings (SSSR count). The van der Waals surface area contributed by atoms with Gasteiger partial charge < -0.3 is 10.2 Å². The summed E-state index contributed by atoms with van der Waals surface area (Å²) >= 11 is 12.1. The number of carbonyl (C=O) groups excluding carboxylic acids is 3. The van der Waals surface area contributed by atoms with Crippen LogP contribution in [0, 0.1) is 12.8 Å². The van der Waals surface area contributed by atoms with Crippen LogP contribution < -0.4 is 5.32 Å². The number of hydrogen-bond acceptors (Lipinski definition) is 6. The molecule has 200 valence electrons. The van der Waals surface area contributed by atoms with E-state index in [0.717, 1.165) is 11.1 Å². The van der Waals surface area contributed by atoms with Crippen LogP contribution in [0.4, 0.5) is 4.39 Å². The fraction of sp³-hybridized carbons (Fsp3) is 0.462. The van der Waals surface area contributed by atoms with Gasteiger partial charge in [-0.25, -0.2) is 14.4 Å². The van der Waals surface area contributed by atoms with Crippen molar-refractivity contribution in [1.29, 1.82) is 0 Å². The minimum Gasteiger partial charge on any atom is -0.354 e. The first-order valence-corrected chi connectivity index (χ1v) is 13.2. The summed E-state index contributed by atoms with van der Waals surface area (Å²) < 4.78 is 15.0. The molecule has 2 aromatic heterocycles. The van der Waals surface area contributed by atoms with Crippen LogP contribution in [0.15, 0.2) is 30.6 Å². The standard InChI is InChI=1S/C26H27Cl2FN6O3/c1-14(36)24-20-7-16(17-10-31-15(2)32-11-17)3-4-21(20)35(33-24)13-23(37)34-12-19(29)8-22(34)25(38)30-6-5-18-9-26(18,27)28/h3-4,7,10-11,18-19,22H,5-6,8-9,12-13H2,1-2H3,(H,30,38)/t18?,19-,22+/m1/s1. The van der Waals surface area contributed by atoms with Crippen LogP contribution in [-0.4, -0.2) is 71.9 Å². The van der Waals surface area contributed by atoms with Crippen molar-refractivity contribution in [3.05, 3.63) is 42.1 Å². The molecule has 3 aromatic rings. The Morgan fingerprint density at radius 2 is 1.89 bits per heavy atom. The monoisotopic (exact) mass is 560 g/mol. The Morgan fingerprint density at radius 1 is 1.18 bits per heavy atom. The van der Waals surface area contributed by atoms with E-state index in [1.54, 1.807) is 25.4 Å². The highest BCUT2D eigenvalue weighted by atomic mass is 35.5. The molecule has 1 aliphatic carbocycles. The fourth-order valence-corrected chi connectivity index (χ4v) is 5.47. The molecule has 0 spiro atoms. The average Bonchev–Trinajstić information content (AvgIpc) is 3.17. The third-order valence-electron chi connectivity index (χ3n) is 7.10. The second-order valence-corrected chi connectivity index (χ2v) is 11.5. The summed E-state index contributed by atoms with van der Waals surface area (Å²) in [6, 6.07) is 4.50. The highest BCUT2D eigenvalue weighted by Gasteiger charge is 2.51. The van der Waals surface area contributed by atoms with Gasteiger partial charge >= 0.3 is 0 Å². The van der Waals surface area contributed by atoms with Crippen LogP contribution in [0.25, 0.3) is 22.0 Å². The van der Waals surface area contributed by atoms with Crippen molar-refractivity contribution in [3.63, 3.8) is 0 Å². The summed E-state index contributed by atoms with van der Waals surface area (Å²) in [5.41, 5.74) is 2.37. The molecule has 2 amide bonds. The molecule has 1 unspecified atom stereocenters. The normalized spacial score (nSPS) is 22.0. The number of alkyl halides is 3. The highest BCUT2D eigenvalue weighted by molar-refractivity contribution is 6.50. The van der Waals surface area contributed by atoms with Crippen molar-refractivity contribution in [1.82, 2.24) is 30.0 Å². The van der Waals surface area contributed by atoms with Crippen molar-refractivity contribution in [2.24, 2.45) is 5.92 Å². The zero-order valence-corrected chi connectivity index (χ0v) is 22.5. The third kappa shape index (κ3) is 5.37. The molecule has 1 N–H and O–H groups in total. The molecule has 38 heavy (non-hydrogen) atoms. The Bertz CT molecular complexity index is 1410. The maximum Gasteiger partial charge on any atom is 0.245 e. The summed E-state index contributed by atoms with van der Waals surface area (Å²) in [5, 5.41) is 7.76. The lowest BCUT2D eigenvalue weighted by atomic mass is 10.0. The molecular formula is C26H27Cl2FN6O3. The van der Waals surface area contributed by atoms with E-state index < -0.39 is 28.4 Å². The minimum atomic E-state index is -1.31. The Kier molecular flexibility index (Phi) is 7.13. The molecule has 12 heteroatoms. The lowest BCUT2D eigenvalue weighted by molar-refractivity contribution is -0.139. The zero-order valence-electron chi connectivity index (χ0n) is 21.0. The van der Waals surface area contributed by atoms with E-state index in [1.807, 2.05) is 12.1 Å². The quantitative estimate of drug-likeness (QED) is 0.332. The van der Waals surface area contributed by atoms with Crippen LogP contribution in [0.3, 0.4) is 0 Å². The molecule has 1 saturated carbocycles. The van der Waals surface area contributed by atoms with Gasteiger partial charge in [0.1, 0.15) is 34.6 Å². The largest absolute Gasteiger partial charge is 0.354 e. The predicted molar refractivity (Wildman–Crippen MR) is 141 cm³/mol. The number of aryl methyl sites for hydroxylation is 1. The van der Waals surface area contributed by atoms with Crippen LogP contribution in [-0.2, 0) is 16.1 Å². The smallest absolute Gasteiger partial charge is 0.245 e. The Balaban J connectivity index is 1.33. The molecule has 1 saturated heterocycles. The lowest BCUT2D eigenvalue weighted by Crippen LogP contribution is -2.47. The number of likely N-dealkylation sites (tertiary alicyclic amines) is 1. The number of ketones is 1. The average molecular weight is 561 g/mol. The van der Waals surface area contributed by atoms with Crippen molar-refractivity contribution < 1.29 is 18.8 Å². The van der Waals surface area contributed by atoms with Gasteiger partial charge in [-0.15, -0.1) is 23.2 Å². The molecule has 1 aliphatic heterocycles. The van der Waals surface area contributed by atoms with Gasteiger partial charge in [0, 0.05) is 43.2 Å². The van der Waals surface area contributed by atoms with Crippen LogP contribution in [0.5, 0.6) is 0 Å². The van der Waals surface area contributed by atoms with Gasteiger partial charge in [-0.1, -0.05) is 6.07 Å². The maximum atomic E-state index is 14.4. The van der Waals surface area contributed by atoms with Crippen molar-refractivity contribution in [2.75, 3.05) is 13.1 Å². The summed E-state index contributed by atoms with van der Waals surface area (Å²) in [5.74, 6) is -0.360. The third-order valence-corrected chi connectivity index (χ3v) is 8.03. The number of benzene rings is 1. The second kappa shape index (κ2) is 10.2. The molecule has 9 nitrogen and oxygen atoms in total. The van der Waals surface area contributed by atoms with Gasteiger partial charge in [0.05, 0.1) is 12.1 Å². The van der Waals surface area contributed by atoms with E-state index in [1.165, 1.54) is 16.5 Å². The summed E-state index contributed by atoms with van der Waals surface area (Å²) in [6.45, 7) is 3.13. The molecule has 0 radical (unpaired) electrons. The molecule has 2 fully saturated rings. The van der Waals surface area contributed by atoms with Gasteiger partial charge in [-0.05, 0) is 43.4 Å². The molecule has 3 heterocycles. The van der Waals surface area contributed by atoms with Crippen LogP contribution >= 0.6 is 23.2 Å². The van der Waals surface area contributed by atoms with Crippen molar-refractivity contribution >= 4 is 51.7 Å². The van der Waals surface area contributed by atoms with Crippen LogP contribution in [0.1, 0.15) is 42.5 Å². The van der Waals surface area contributed by atoms with E-state index in [2.05, 4.69) is 20.4 Å². The van der Waals surface area contributed by atoms with Gasteiger partial charge in [0.25, 0.3) is 0 Å². The first-order chi connectivity index (χ1) is 18.0. The fourth-order valence-electron chi connectivity index (χ4n) is 4.88. The highest BCUT2D eigenvalue weighted by Crippen LogP contribution is 2.54. The van der Waals surface area contributed by atoms with Gasteiger partial charge in [-0.2, -0.15) is 5.10 Å². The second-order valence-electron chi connectivity index (χ2n) is 9.95. The van der Waals surface area contributed by atoms with E-state index in [-0.39, 0.29) is 36.9 Å². The van der Waals surface area contributed by atoms with E-state index in [4.69, 9.17) is 23.2 Å². The number of nitrogens with zero attached hydrogens (tertiary/aromatic N) is 5. The van der Waals surface area contributed by atoms with E-state index in [0.29, 0.717) is 36.1 Å². The number of fused-ring (bicyclic) bond motifs is 1. The number of rotatable bonds is 8. The van der Waals surface area contributed by atoms with E-state index >= 15 is 0 Å². The number of Topliss-reactive ketones (excluding diaryl/α,β-unsaturated/α-hetero) is 1. The van der Waals surface area contributed by atoms with Gasteiger partial charge in [-0.3, -0.25) is 19.1 Å². The molecule has 0 bridgehead atoms. The number of aromatic nitrogens is 4. The van der Waals surface area contributed by atoms with Crippen molar-refractivity contribution in [3.8, 4) is 11.1 Å². The topological polar surface area (TPSA) is 110 Å². The van der Waals surface area contributed by atoms with Gasteiger partial charge in [0.15, 0.2) is 5.78 Å². The zero-order chi connectivity index (χ0) is 27.2. The Morgan fingerprint density at radius 3 is 2.55 bits per heavy atom. The summed E-state index contributed by atoms with van der Waals surface area (Å²) in [6.07, 6.45) is 3.30. The Labute approximate surface area is 228 Å². The minimum absolute atomic E-state index is 0.0729. The SMILES string of the molecule is CC(=O)c1nn(CC(=O)N2C[C@H](F)C[C@H]2C(=O)NCCC2CC2(Cl)Cl)c2ccc(-c3cnc(C)nc3)cc12. The first-order valence-electron chi connectivity index (χ1n) is 12.4. The Hall–Kier alpha value is -3.11. The first kappa shape index (κ1) is 26.5. The maximum absolute atomic E-state index is 14.4. The van der Waals surface area contributed by atoms with Crippen molar-refractivity contribution in [2.45, 2.75) is 56.2 Å². The number of nitrogens with one attached hydrogen (secondary N) is 1. The summed E-state index contributed by atoms with van der Waals surface area (Å²) in [7, 11) is 0. The number of hydrogen-bond donors (Lipinski definition) is 1.